The Labute approximate surface area is 84.3 Å². The van der Waals surface area contributed by atoms with Gasteiger partial charge in [0.15, 0.2) is 0 Å². The van der Waals surface area contributed by atoms with E-state index in [0.717, 1.165) is 11.3 Å². The van der Waals surface area contributed by atoms with Crippen molar-refractivity contribution in [2.24, 2.45) is 0 Å². The van der Waals surface area contributed by atoms with Crippen molar-refractivity contribution in [3.63, 3.8) is 0 Å². The zero-order chi connectivity index (χ0) is 10.6. The van der Waals surface area contributed by atoms with E-state index in [4.69, 9.17) is 9.47 Å². The second-order valence-electron chi connectivity index (χ2n) is 3.17. The summed E-state index contributed by atoms with van der Waals surface area (Å²) in [5, 5.41) is 9.44. The molecule has 0 amide bonds. The molecule has 1 aromatic rings. The highest BCUT2D eigenvalue weighted by molar-refractivity contribution is 5.28. The molecule has 14 heavy (non-hydrogen) atoms. The maximum Gasteiger partial charge on any atom is 0.118 e. The summed E-state index contributed by atoms with van der Waals surface area (Å²) in [6.07, 6.45) is -0.797. The topological polar surface area (TPSA) is 38.7 Å². The Balaban J connectivity index is 2.84. The van der Waals surface area contributed by atoms with Gasteiger partial charge in [-0.25, -0.2) is 0 Å². The van der Waals surface area contributed by atoms with Gasteiger partial charge in [0.25, 0.3) is 0 Å². The lowest BCUT2D eigenvalue weighted by Crippen LogP contribution is -2.16. The predicted octanol–water partition coefficient (Wildman–Crippen LogP) is 1.76. The van der Waals surface area contributed by atoms with Crippen LogP contribution in [0.2, 0.25) is 0 Å². The fraction of sp³-hybridized carbons (Fsp3) is 0.455. The van der Waals surface area contributed by atoms with Gasteiger partial charge in [0.2, 0.25) is 0 Å². The molecule has 3 nitrogen and oxygen atoms in total. The molecule has 1 N–H and O–H groups in total. The summed E-state index contributed by atoms with van der Waals surface area (Å²) in [5.74, 6) is 0.800. The molecule has 0 aliphatic carbocycles. The molecule has 0 spiro atoms. The molecule has 0 aliphatic heterocycles. The van der Waals surface area contributed by atoms with Gasteiger partial charge in [-0.2, -0.15) is 0 Å². The van der Waals surface area contributed by atoms with Crippen LogP contribution in [-0.2, 0) is 4.74 Å². The lowest BCUT2D eigenvalue weighted by atomic mass is 10.1. The summed E-state index contributed by atoms with van der Waals surface area (Å²) < 4.78 is 10.2. The van der Waals surface area contributed by atoms with E-state index in [0.29, 0.717) is 0 Å². The van der Waals surface area contributed by atoms with Crippen molar-refractivity contribution < 1.29 is 14.6 Å². The van der Waals surface area contributed by atoms with Gasteiger partial charge in [-0.3, -0.25) is 0 Å². The van der Waals surface area contributed by atoms with Crippen LogP contribution in [0.15, 0.2) is 24.3 Å². The van der Waals surface area contributed by atoms with Gasteiger partial charge >= 0.3 is 0 Å². The van der Waals surface area contributed by atoms with E-state index >= 15 is 0 Å². The summed E-state index contributed by atoms with van der Waals surface area (Å²) >= 11 is 0. The fourth-order valence-electron chi connectivity index (χ4n) is 1.41. The molecule has 0 saturated heterocycles. The number of benzene rings is 1. The first kappa shape index (κ1) is 11.0. The SMILES string of the molecule is COc1ccc([C@H](OC)[C@H](C)O)cc1. The average molecular weight is 196 g/mol. The van der Waals surface area contributed by atoms with E-state index in [1.54, 1.807) is 21.1 Å². The largest absolute Gasteiger partial charge is 0.497 e. The lowest BCUT2D eigenvalue weighted by Gasteiger charge is -2.18. The van der Waals surface area contributed by atoms with Crippen molar-refractivity contribution >= 4 is 0 Å². The van der Waals surface area contributed by atoms with E-state index in [9.17, 15) is 5.11 Å². The monoisotopic (exact) mass is 196 g/mol. The van der Waals surface area contributed by atoms with Gasteiger partial charge in [-0.1, -0.05) is 12.1 Å². The van der Waals surface area contributed by atoms with Crippen molar-refractivity contribution in [1.29, 1.82) is 0 Å². The highest BCUT2D eigenvalue weighted by Gasteiger charge is 2.15. The van der Waals surface area contributed by atoms with Crippen molar-refractivity contribution in [2.75, 3.05) is 14.2 Å². The third-order valence-corrected chi connectivity index (χ3v) is 2.14. The van der Waals surface area contributed by atoms with Gasteiger partial charge < -0.3 is 14.6 Å². The zero-order valence-electron chi connectivity index (χ0n) is 8.73. The number of aliphatic hydroxyl groups excluding tert-OH is 1. The molecule has 0 aromatic heterocycles. The molecule has 0 saturated carbocycles. The van der Waals surface area contributed by atoms with Crippen LogP contribution in [0.4, 0.5) is 0 Å². The molecule has 0 bridgehead atoms. The Hall–Kier alpha value is -1.06. The van der Waals surface area contributed by atoms with E-state index in [1.165, 1.54) is 0 Å². The van der Waals surface area contributed by atoms with E-state index in [1.807, 2.05) is 24.3 Å². The smallest absolute Gasteiger partial charge is 0.118 e. The van der Waals surface area contributed by atoms with Crippen LogP contribution >= 0.6 is 0 Å². The molecule has 1 aromatic carbocycles. The van der Waals surface area contributed by atoms with Gasteiger partial charge in [0.1, 0.15) is 11.9 Å². The molecule has 0 unspecified atom stereocenters. The normalized spacial score (nSPS) is 14.9. The quantitative estimate of drug-likeness (QED) is 0.797. The van der Waals surface area contributed by atoms with E-state index in [2.05, 4.69) is 0 Å². The molecule has 0 aliphatic rings. The number of ether oxygens (including phenoxy) is 2. The van der Waals surface area contributed by atoms with Crippen LogP contribution < -0.4 is 4.74 Å². The summed E-state index contributed by atoms with van der Waals surface area (Å²) in [6, 6.07) is 7.48. The highest BCUT2D eigenvalue weighted by atomic mass is 16.5. The molecular weight excluding hydrogens is 180 g/mol. The van der Waals surface area contributed by atoms with Gasteiger partial charge in [0, 0.05) is 7.11 Å². The molecule has 3 heteroatoms. The first-order chi connectivity index (χ1) is 6.69. The van der Waals surface area contributed by atoms with Crippen molar-refractivity contribution in [1.82, 2.24) is 0 Å². The predicted molar refractivity (Wildman–Crippen MR) is 54.4 cm³/mol. The third-order valence-electron chi connectivity index (χ3n) is 2.14. The molecular formula is C11H16O3. The lowest BCUT2D eigenvalue weighted by molar-refractivity contribution is -0.00350. The number of hydrogen-bond acceptors (Lipinski definition) is 3. The minimum absolute atomic E-state index is 0.277. The van der Waals surface area contributed by atoms with Crippen molar-refractivity contribution in [2.45, 2.75) is 19.1 Å². The van der Waals surface area contributed by atoms with Crippen molar-refractivity contribution in [3.05, 3.63) is 29.8 Å². The van der Waals surface area contributed by atoms with Crippen LogP contribution in [0.1, 0.15) is 18.6 Å². The summed E-state index contributed by atoms with van der Waals surface area (Å²) in [5.41, 5.74) is 0.948. The number of aliphatic hydroxyl groups is 1. The Bertz CT molecular complexity index is 266. The number of methoxy groups -OCH3 is 2. The highest BCUT2D eigenvalue weighted by Crippen LogP contribution is 2.22. The Kier molecular flexibility index (Phi) is 3.92. The van der Waals surface area contributed by atoms with Crippen LogP contribution in [0.3, 0.4) is 0 Å². The number of rotatable bonds is 4. The van der Waals surface area contributed by atoms with Crippen LogP contribution in [0, 0.1) is 0 Å². The Morgan fingerprint density at radius 1 is 1.14 bits per heavy atom. The molecule has 0 radical (unpaired) electrons. The van der Waals surface area contributed by atoms with E-state index < -0.39 is 6.10 Å². The second-order valence-corrected chi connectivity index (χ2v) is 3.17. The summed E-state index contributed by atoms with van der Waals surface area (Å²) in [6.45, 7) is 1.71. The third kappa shape index (κ3) is 2.47. The standard InChI is InChI=1S/C11H16O3/c1-8(12)11(14-3)9-4-6-10(13-2)7-5-9/h4-8,11-12H,1-3H3/t8-,11+/m0/s1. The molecule has 2 atom stereocenters. The van der Waals surface area contributed by atoms with Gasteiger partial charge in [-0.05, 0) is 24.6 Å². The molecule has 78 valence electrons. The van der Waals surface area contributed by atoms with E-state index in [-0.39, 0.29) is 6.10 Å². The molecule has 1 rings (SSSR count). The van der Waals surface area contributed by atoms with Crippen LogP contribution in [0.5, 0.6) is 5.75 Å². The fourth-order valence-corrected chi connectivity index (χ4v) is 1.41. The van der Waals surface area contributed by atoms with Gasteiger partial charge in [0.05, 0.1) is 13.2 Å². The summed E-state index contributed by atoms with van der Waals surface area (Å²) in [7, 11) is 3.21. The molecule has 0 fully saturated rings. The first-order valence-corrected chi connectivity index (χ1v) is 4.54. The Morgan fingerprint density at radius 3 is 2.07 bits per heavy atom. The maximum atomic E-state index is 9.44. The average Bonchev–Trinajstić information content (AvgIpc) is 2.19. The minimum Gasteiger partial charge on any atom is -0.497 e. The maximum absolute atomic E-state index is 9.44. The molecule has 0 heterocycles. The number of hydrogen-bond donors (Lipinski definition) is 1. The summed E-state index contributed by atoms with van der Waals surface area (Å²) in [4.78, 5) is 0. The zero-order valence-corrected chi connectivity index (χ0v) is 8.73. The minimum atomic E-state index is -0.520. The van der Waals surface area contributed by atoms with Crippen LogP contribution in [0.25, 0.3) is 0 Å². The van der Waals surface area contributed by atoms with Crippen LogP contribution in [-0.4, -0.2) is 25.4 Å². The van der Waals surface area contributed by atoms with Crippen molar-refractivity contribution in [3.8, 4) is 5.75 Å². The first-order valence-electron chi connectivity index (χ1n) is 4.54. The second kappa shape index (κ2) is 4.98. The Morgan fingerprint density at radius 2 is 1.71 bits per heavy atom. The van der Waals surface area contributed by atoms with Gasteiger partial charge in [-0.15, -0.1) is 0 Å².